The van der Waals surface area contributed by atoms with Crippen molar-refractivity contribution in [2.45, 2.75) is 18.0 Å². The van der Waals surface area contributed by atoms with Gasteiger partial charge in [-0.1, -0.05) is 6.07 Å². The lowest BCUT2D eigenvalue weighted by Gasteiger charge is -2.18. The molecule has 0 spiro atoms. The number of hydrogen-bond donors (Lipinski definition) is 2. The molecular weight excluding hydrogens is 445 g/mol. The van der Waals surface area contributed by atoms with E-state index in [2.05, 4.69) is 10.3 Å². The molecule has 11 nitrogen and oxygen atoms in total. The Balaban J connectivity index is 1.89. The van der Waals surface area contributed by atoms with Crippen LogP contribution in [-0.4, -0.2) is 74.2 Å². The zero-order valence-electron chi connectivity index (χ0n) is 17.8. The monoisotopic (exact) mass is 469 g/mol. The standard InChI is InChI=1S/C19H24FN5O6S/c1-23(2)32(29,30)14-10-13(20)5-4-12(14)11-21-17(27)15-16(26)18(28)25-7-6-24(8-9-31-3)19(25)22-15/h4-5,10,26H,6-9,11H2,1-3H3,(H,21,27). The summed E-state index contributed by atoms with van der Waals surface area (Å²) < 4.78 is 45.9. The second-order valence-corrected chi connectivity index (χ2v) is 9.39. The molecule has 0 saturated carbocycles. The third-order valence-electron chi connectivity index (χ3n) is 5.01. The van der Waals surface area contributed by atoms with E-state index in [4.69, 9.17) is 4.74 Å². The van der Waals surface area contributed by atoms with Gasteiger partial charge >= 0.3 is 0 Å². The summed E-state index contributed by atoms with van der Waals surface area (Å²) in [6, 6.07) is 3.17. The molecule has 0 bridgehead atoms. The predicted octanol–water partition coefficient (Wildman–Crippen LogP) is -0.265. The molecule has 0 atom stereocenters. The lowest BCUT2D eigenvalue weighted by molar-refractivity contribution is 0.0942. The number of sulfonamides is 1. The molecule has 2 N–H and O–H groups in total. The van der Waals surface area contributed by atoms with Gasteiger partial charge in [0.1, 0.15) is 5.82 Å². The maximum absolute atomic E-state index is 13.7. The van der Waals surface area contributed by atoms with Crippen LogP contribution in [0, 0.1) is 5.82 Å². The maximum Gasteiger partial charge on any atom is 0.298 e. The van der Waals surface area contributed by atoms with Gasteiger partial charge in [-0.15, -0.1) is 0 Å². The number of hydrogen-bond acceptors (Lipinski definition) is 8. The van der Waals surface area contributed by atoms with Gasteiger partial charge in [0, 0.05) is 47.4 Å². The van der Waals surface area contributed by atoms with Gasteiger partial charge in [0.15, 0.2) is 5.69 Å². The number of halogens is 1. The van der Waals surface area contributed by atoms with Gasteiger partial charge in [0.25, 0.3) is 11.5 Å². The average Bonchev–Trinajstić information content (AvgIpc) is 3.16. The molecule has 0 aliphatic carbocycles. The van der Waals surface area contributed by atoms with Crippen LogP contribution in [0.3, 0.4) is 0 Å². The molecule has 1 aliphatic rings. The van der Waals surface area contributed by atoms with E-state index in [-0.39, 0.29) is 23.0 Å². The van der Waals surface area contributed by atoms with E-state index in [1.54, 1.807) is 4.90 Å². The molecule has 0 saturated heterocycles. The van der Waals surface area contributed by atoms with E-state index in [0.717, 1.165) is 16.4 Å². The highest BCUT2D eigenvalue weighted by atomic mass is 32.2. The molecule has 1 aromatic carbocycles. The van der Waals surface area contributed by atoms with Crippen molar-refractivity contribution in [1.29, 1.82) is 0 Å². The predicted molar refractivity (Wildman–Crippen MR) is 113 cm³/mol. The smallest absolute Gasteiger partial charge is 0.298 e. The topological polar surface area (TPSA) is 134 Å². The Morgan fingerprint density at radius 2 is 2.06 bits per heavy atom. The van der Waals surface area contributed by atoms with Crippen molar-refractivity contribution in [2.75, 3.05) is 45.8 Å². The summed E-state index contributed by atoms with van der Waals surface area (Å²) in [6.07, 6.45) is 0. The Morgan fingerprint density at radius 3 is 2.72 bits per heavy atom. The summed E-state index contributed by atoms with van der Waals surface area (Å²) in [5.41, 5.74) is -1.10. The van der Waals surface area contributed by atoms with Crippen LogP contribution >= 0.6 is 0 Å². The average molecular weight is 469 g/mol. The normalized spacial score (nSPS) is 13.5. The second-order valence-electron chi connectivity index (χ2n) is 7.27. The van der Waals surface area contributed by atoms with Crippen molar-refractivity contribution in [3.05, 3.63) is 45.6 Å². The highest BCUT2D eigenvalue weighted by molar-refractivity contribution is 7.89. The first kappa shape index (κ1) is 23.6. The number of ether oxygens (including phenoxy) is 1. The van der Waals surface area contributed by atoms with Crippen LogP contribution in [0.15, 0.2) is 27.9 Å². The summed E-state index contributed by atoms with van der Waals surface area (Å²) in [4.78, 5) is 30.8. The summed E-state index contributed by atoms with van der Waals surface area (Å²) in [7, 11) is 0.165. The fourth-order valence-electron chi connectivity index (χ4n) is 3.24. The molecule has 0 unspecified atom stereocenters. The third-order valence-corrected chi connectivity index (χ3v) is 6.91. The van der Waals surface area contributed by atoms with E-state index < -0.39 is 38.8 Å². The Labute approximate surface area is 184 Å². The number of rotatable bonds is 8. The SMILES string of the molecule is COCCN1CCn2c1nc(C(=O)NCc1ccc(F)cc1S(=O)(=O)N(C)C)c(O)c2=O. The van der Waals surface area contributed by atoms with Gasteiger partial charge in [0.05, 0.1) is 11.5 Å². The Morgan fingerprint density at radius 1 is 1.34 bits per heavy atom. The van der Waals surface area contributed by atoms with Crippen molar-refractivity contribution in [2.24, 2.45) is 0 Å². The van der Waals surface area contributed by atoms with E-state index in [1.807, 2.05) is 0 Å². The first-order chi connectivity index (χ1) is 15.1. The number of amides is 1. The summed E-state index contributed by atoms with van der Waals surface area (Å²) in [5, 5.41) is 12.7. The number of carbonyl (C=O) groups is 1. The fourth-order valence-corrected chi connectivity index (χ4v) is 4.37. The van der Waals surface area contributed by atoms with E-state index in [1.165, 1.54) is 31.8 Å². The minimum Gasteiger partial charge on any atom is -0.501 e. The number of carbonyl (C=O) groups excluding carboxylic acids is 1. The van der Waals surface area contributed by atoms with Crippen LogP contribution < -0.4 is 15.8 Å². The zero-order chi connectivity index (χ0) is 23.6. The van der Waals surface area contributed by atoms with Crippen molar-refractivity contribution in [3.63, 3.8) is 0 Å². The molecular formula is C19H24FN5O6S. The number of fused-ring (bicyclic) bond motifs is 1. The quantitative estimate of drug-likeness (QED) is 0.540. The molecule has 0 radical (unpaired) electrons. The van der Waals surface area contributed by atoms with Crippen LogP contribution in [-0.2, 0) is 27.8 Å². The van der Waals surface area contributed by atoms with Crippen LogP contribution in [0.2, 0.25) is 0 Å². The van der Waals surface area contributed by atoms with Crippen LogP contribution in [0.4, 0.5) is 10.3 Å². The van der Waals surface area contributed by atoms with Crippen molar-refractivity contribution in [1.82, 2.24) is 19.2 Å². The molecule has 174 valence electrons. The Bertz CT molecular complexity index is 1200. The summed E-state index contributed by atoms with van der Waals surface area (Å²) in [5.74, 6) is -2.20. The van der Waals surface area contributed by atoms with Gasteiger partial charge in [-0.25, -0.2) is 22.1 Å². The fraction of sp³-hybridized carbons (Fsp3) is 0.421. The first-order valence-electron chi connectivity index (χ1n) is 9.64. The molecule has 0 fully saturated rings. The highest BCUT2D eigenvalue weighted by Gasteiger charge is 2.28. The van der Waals surface area contributed by atoms with Gasteiger partial charge in [-0.05, 0) is 17.7 Å². The number of nitrogens with zero attached hydrogens (tertiary/aromatic N) is 4. The number of anilines is 1. The third kappa shape index (κ3) is 4.45. The maximum atomic E-state index is 13.7. The lowest BCUT2D eigenvalue weighted by Crippen LogP contribution is -2.31. The van der Waals surface area contributed by atoms with Crippen LogP contribution in [0.25, 0.3) is 0 Å². The van der Waals surface area contributed by atoms with Crippen molar-refractivity contribution < 1.29 is 27.4 Å². The summed E-state index contributed by atoms with van der Waals surface area (Å²) >= 11 is 0. The molecule has 1 aliphatic heterocycles. The van der Waals surface area contributed by atoms with Crippen molar-refractivity contribution >= 4 is 21.9 Å². The van der Waals surface area contributed by atoms with Gasteiger partial charge < -0.3 is 20.1 Å². The minimum absolute atomic E-state index is 0.132. The molecule has 13 heteroatoms. The number of nitrogens with one attached hydrogen (secondary N) is 1. The number of aromatic nitrogens is 2. The molecule has 3 rings (SSSR count). The largest absolute Gasteiger partial charge is 0.501 e. The molecule has 1 aromatic heterocycles. The molecule has 32 heavy (non-hydrogen) atoms. The number of methoxy groups -OCH3 is 1. The van der Waals surface area contributed by atoms with Gasteiger partial charge in [-0.3, -0.25) is 14.2 Å². The van der Waals surface area contributed by atoms with E-state index in [0.29, 0.717) is 26.2 Å². The molecule has 2 heterocycles. The van der Waals surface area contributed by atoms with Crippen molar-refractivity contribution in [3.8, 4) is 5.75 Å². The zero-order valence-corrected chi connectivity index (χ0v) is 18.6. The van der Waals surface area contributed by atoms with Gasteiger partial charge in [-0.2, -0.15) is 0 Å². The number of benzene rings is 1. The molecule has 1 amide bonds. The van der Waals surface area contributed by atoms with Crippen LogP contribution in [0.5, 0.6) is 5.75 Å². The van der Waals surface area contributed by atoms with Gasteiger partial charge in [0.2, 0.25) is 21.7 Å². The Kier molecular flexibility index (Phi) is 6.81. The number of aromatic hydroxyl groups is 1. The highest BCUT2D eigenvalue weighted by Crippen LogP contribution is 2.22. The minimum atomic E-state index is -3.98. The second kappa shape index (κ2) is 9.22. The van der Waals surface area contributed by atoms with E-state index in [9.17, 15) is 27.5 Å². The first-order valence-corrected chi connectivity index (χ1v) is 11.1. The lowest BCUT2D eigenvalue weighted by atomic mass is 10.2. The van der Waals surface area contributed by atoms with Crippen LogP contribution in [0.1, 0.15) is 16.1 Å². The summed E-state index contributed by atoms with van der Waals surface area (Å²) in [6.45, 7) is 1.30. The van der Waals surface area contributed by atoms with E-state index >= 15 is 0 Å². The molecule has 2 aromatic rings. The Hall–Kier alpha value is -3.03.